The molecule has 94 valence electrons. The quantitative estimate of drug-likeness (QED) is 0.883. The molecule has 0 unspecified atom stereocenters. The summed E-state index contributed by atoms with van der Waals surface area (Å²) >= 11 is 0. The molecule has 5 heteroatoms. The molecule has 5 nitrogen and oxygen atoms in total. The minimum absolute atomic E-state index is 0.0724. The van der Waals surface area contributed by atoms with Crippen LogP contribution in [-0.4, -0.2) is 26.9 Å². The van der Waals surface area contributed by atoms with E-state index in [-0.39, 0.29) is 17.9 Å². The van der Waals surface area contributed by atoms with Crippen LogP contribution in [-0.2, 0) is 11.3 Å². The summed E-state index contributed by atoms with van der Waals surface area (Å²) in [5.74, 6) is 0.423. The molecular formula is C13H16N4O. The van der Waals surface area contributed by atoms with Crippen molar-refractivity contribution in [2.75, 3.05) is 0 Å². The third kappa shape index (κ3) is 2.20. The molecule has 1 atom stereocenters. The van der Waals surface area contributed by atoms with Gasteiger partial charge in [0.25, 0.3) is 0 Å². The Morgan fingerprint density at radius 1 is 1.50 bits per heavy atom. The molecule has 0 spiro atoms. The molecule has 0 aliphatic heterocycles. The maximum atomic E-state index is 11.7. The number of carbonyl (C=O) groups is 1. The zero-order chi connectivity index (χ0) is 12.5. The van der Waals surface area contributed by atoms with Crippen LogP contribution in [0.4, 0.5) is 0 Å². The van der Waals surface area contributed by atoms with Gasteiger partial charge < -0.3 is 5.32 Å². The third-order valence-electron chi connectivity index (χ3n) is 3.20. The van der Waals surface area contributed by atoms with Gasteiger partial charge in [-0.25, -0.2) is 4.68 Å². The zero-order valence-corrected chi connectivity index (χ0v) is 10.3. The summed E-state index contributed by atoms with van der Waals surface area (Å²) < 4.78 is 1.84. The second-order valence-electron chi connectivity index (χ2n) is 4.94. The van der Waals surface area contributed by atoms with Crippen molar-refractivity contribution in [1.82, 2.24) is 20.3 Å². The van der Waals surface area contributed by atoms with E-state index in [1.165, 1.54) is 0 Å². The first kappa shape index (κ1) is 11.2. The van der Waals surface area contributed by atoms with Gasteiger partial charge in [0.1, 0.15) is 5.52 Å². The Morgan fingerprint density at radius 3 is 3.06 bits per heavy atom. The van der Waals surface area contributed by atoms with Gasteiger partial charge in [-0.1, -0.05) is 17.3 Å². The van der Waals surface area contributed by atoms with Gasteiger partial charge in [0.15, 0.2) is 0 Å². The summed E-state index contributed by atoms with van der Waals surface area (Å²) in [6.07, 6.45) is 2.07. The SMILES string of the molecule is C[C@@H](Cn1nnc2ccccc21)NC(=O)C1CC1. The van der Waals surface area contributed by atoms with Gasteiger partial charge in [-0.3, -0.25) is 4.79 Å². The average molecular weight is 244 g/mol. The van der Waals surface area contributed by atoms with E-state index in [2.05, 4.69) is 15.6 Å². The molecule has 1 aromatic heterocycles. The van der Waals surface area contributed by atoms with Gasteiger partial charge in [-0.05, 0) is 31.9 Å². The molecule has 0 saturated heterocycles. The van der Waals surface area contributed by atoms with Crippen LogP contribution < -0.4 is 5.32 Å². The average Bonchev–Trinajstić information content (AvgIpc) is 3.14. The number of para-hydroxylation sites is 1. The molecule has 18 heavy (non-hydrogen) atoms. The summed E-state index contributed by atoms with van der Waals surface area (Å²) in [6, 6.07) is 7.91. The number of fused-ring (bicyclic) bond motifs is 1. The Morgan fingerprint density at radius 2 is 2.28 bits per heavy atom. The van der Waals surface area contributed by atoms with E-state index < -0.39 is 0 Å². The molecule has 1 fully saturated rings. The smallest absolute Gasteiger partial charge is 0.223 e. The molecule has 1 amide bonds. The minimum Gasteiger partial charge on any atom is -0.352 e. The van der Waals surface area contributed by atoms with E-state index in [9.17, 15) is 4.79 Å². The number of hydrogen-bond donors (Lipinski definition) is 1. The van der Waals surface area contributed by atoms with E-state index in [0.29, 0.717) is 6.54 Å². The Bertz CT molecular complexity index is 573. The standard InChI is InChI=1S/C13H16N4O/c1-9(14-13(18)10-6-7-10)8-17-12-5-3-2-4-11(12)15-16-17/h2-5,9-10H,6-8H2,1H3,(H,14,18)/t9-/m0/s1. The molecule has 3 rings (SSSR count). The first-order valence-corrected chi connectivity index (χ1v) is 6.32. The van der Waals surface area contributed by atoms with Crippen molar-refractivity contribution in [3.05, 3.63) is 24.3 Å². The predicted octanol–water partition coefficient (Wildman–Crippen LogP) is 1.35. The molecule has 1 saturated carbocycles. The monoisotopic (exact) mass is 244 g/mol. The lowest BCUT2D eigenvalue weighted by atomic mass is 10.2. The van der Waals surface area contributed by atoms with Crippen molar-refractivity contribution in [3.8, 4) is 0 Å². The Kier molecular flexibility index (Phi) is 2.74. The van der Waals surface area contributed by atoms with E-state index >= 15 is 0 Å². The highest BCUT2D eigenvalue weighted by molar-refractivity contribution is 5.81. The highest BCUT2D eigenvalue weighted by Gasteiger charge is 2.30. The van der Waals surface area contributed by atoms with Crippen LogP contribution in [0.15, 0.2) is 24.3 Å². The topological polar surface area (TPSA) is 59.8 Å². The Balaban J connectivity index is 1.69. The number of rotatable bonds is 4. The van der Waals surface area contributed by atoms with E-state index in [0.717, 1.165) is 23.9 Å². The summed E-state index contributed by atoms with van der Waals surface area (Å²) in [7, 11) is 0. The molecule has 1 aromatic carbocycles. The number of amides is 1. The molecule has 1 heterocycles. The van der Waals surface area contributed by atoms with Gasteiger partial charge in [-0.2, -0.15) is 0 Å². The highest BCUT2D eigenvalue weighted by Crippen LogP contribution is 2.28. The van der Waals surface area contributed by atoms with Crippen LogP contribution >= 0.6 is 0 Å². The maximum absolute atomic E-state index is 11.7. The Hall–Kier alpha value is -1.91. The lowest BCUT2D eigenvalue weighted by Crippen LogP contribution is -2.36. The molecule has 1 N–H and O–H groups in total. The van der Waals surface area contributed by atoms with Gasteiger partial charge >= 0.3 is 0 Å². The second-order valence-corrected chi connectivity index (χ2v) is 4.94. The fourth-order valence-electron chi connectivity index (χ4n) is 2.06. The molecule has 2 aromatic rings. The van der Waals surface area contributed by atoms with Crippen molar-refractivity contribution in [2.24, 2.45) is 5.92 Å². The molecule has 1 aliphatic rings. The highest BCUT2D eigenvalue weighted by atomic mass is 16.2. The second kappa shape index (κ2) is 4.40. The minimum atomic E-state index is 0.0724. The first-order valence-electron chi connectivity index (χ1n) is 6.32. The van der Waals surface area contributed by atoms with Crippen molar-refractivity contribution >= 4 is 16.9 Å². The van der Waals surface area contributed by atoms with E-state index in [1.807, 2.05) is 35.9 Å². The lowest BCUT2D eigenvalue weighted by molar-refractivity contribution is -0.122. The molecule has 0 bridgehead atoms. The molecular weight excluding hydrogens is 228 g/mol. The largest absolute Gasteiger partial charge is 0.352 e. The van der Waals surface area contributed by atoms with Gasteiger partial charge in [0.2, 0.25) is 5.91 Å². The number of nitrogens with one attached hydrogen (secondary N) is 1. The van der Waals surface area contributed by atoms with Gasteiger partial charge in [0, 0.05) is 12.0 Å². The normalized spacial score (nSPS) is 16.7. The first-order chi connectivity index (χ1) is 8.74. The number of carbonyl (C=O) groups excluding carboxylic acids is 1. The summed E-state index contributed by atoms with van der Waals surface area (Å²) in [5, 5.41) is 11.2. The Labute approximate surface area is 105 Å². The van der Waals surface area contributed by atoms with Crippen molar-refractivity contribution in [2.45, 2.75) is 32.4 Å². The number of hydrogen-bond acceptors (Lipinski definition) is 3. The van der Waals surface area contributed by atoms with Gasteiger partial charge in [-0.15, -0.1) is 5.10 Å². The molecule has 1 aliphatic carbocycles. The van der Waals surface area contributed by atoms with Crippen LogP contribution in [0.5, 0.6) is 0 Å². The van der Waals surface area contributed by atoms with E-state index in [4.69, 9.17) is 0 Å². The zero-order valence-electron chi connectivity index (χ0n) is 10.3. The van der Waals surface area contributed by atoms with E-state index in [1.54, 1.807) is 0 Å². The summed E-state index contributed by atoms with van der Waals surface area (Å²) in [4.78, 5) is 11.7. The van der Waals surface area contributed by atoms with Crippen molar-refractivity contribution in [1.29, 1.82) is 0 Å². The van der Waals surface area contributed by atoms with Crippen LogP contribution in [0.3, 0.4) is 0 Å². The lowest BCUT2D eigenvalue weighted by Gasteiger charge is -2.13. The summed E-state index contributed by atoms with van der Waals surface area (Å²) in [5.41, 5.74) is 1.89. The van der Waals surface area contributed by atoms with Crippen molar-refractivity contribution < 1.29 is 4.79 Å². The van der Waals surface area contributed by atoms with Crippen molar-refractivity contribution in [3.63, 3.8) is 0 Å². The molecule has 0 radical (unpaired) electrons. The maximum Gasteiger partial charge on any atom is 0.223 e. The number of nitrogens with zero attached hydrogens (tertiary/aromatic N) is 3. The van der Waals surface area contributed by atoms with Crippen LogP contribution in [0.1, 0.15) is 19.8 Å². The predicted molar refractivity (Wildman–Crippen MR) is 67.9 cm³/mol. The van der Waals surface area contributed by atoms with Gasteiger partial charge in [0.05, 0.1) is 12.1 Å². The fourth-order valence-corrected chi connectivity index (χ4v) is 2.06. The number of aromatic nitrogens is 3. The number of benzene rings is 1. The van der Waals surface area contributed by atoms with Crippen LogP contribution in [0, 0.1) is 5.92 Å². The summed E-state index contributed by atoms with van der Waals surface area (Å²) in [6.45, 7) is 2.65. The van der Waals surface area contributed by atoms with Crippen LogP contribution in [0.25, 0.3) is 11.0 Å². The third-order valence-corrected chi connectivity index (χ3v) is 3.20. The van der Waals surface area contributed by atoms with Crippen LogP contribution in [0.2, 0.25) is 0 Å². The fraction of sp³-hybridized carbons (Fsp3) is 0.462.